The monoisotopic (exact) mass is 225 g/mol. The zero-order valence-electron chi connectivity index (χ0n) is 10.1. The third-order valence-corrected chi connectivity index (χ3v) is 2.55. The highest BCUT2D eigenvalue weighted by Gasteiger charge is 2.16. The van der Waals surface area contributed by atoms with Crippen molar-refractivity contribution in [1.82, 2.24) is 5.06 Å². The van der Waals surface area contributed by atoms with Gasteiger partial charge in [-0.2, -0.15) is 0 Å². The third kappa shape index (κ3) is 3.10. The summed E-state index contributed by atoms with van der Waals surface area (Å²) < 4.78 is 5.56. The number of rotatable bonds is 5. The summed E-state index contributed by atoms with van der Waals surface area (Å²) in [5.74, 6) is 1.46. The van der Waals surface area contributed by atoms with E-state index >= 15 is 0 Å². The summed E-state index contributed by atoms with van der Waals surface area (Å²) in [5.41, 5.74) is 0. The Bertz CT molecular complexity index is 346. The van der Waals surface area contributed by atoms with Gasteiger partial charge in [0.25, 0.3) is 0 Å². The van der Waals surface area contributed by atoms with Crippen LogP contribution in [0.15, 0.2) is 16.5 Å². The second-order valence-corrected chi connectivity index (χ2v) is 3.89. The highest BCUT2D eigenvalue weighted by molar-refractivity contribution is 5.74. The fraction of sp³-hybridized carbons (Fsp3) is 0.583. The van der Waals surface area contributed by atoms with Crippen molar-refractivity contribution in [2.75, 3.05) is 6.54 Å². The van der Waals surface area contributed by atoms with Crippen LogP contribution in [-0.4, -0.2) is 22.7 Å². The van der Waals surface area contributed by atoms with Crippen LogP contribution in [0.2, 0.25) is 0 Å². The van der Waals surface area contributed by atoms with Crippen LogP contribution in [0, 0.1) is 0 Å². The van der Waals surface area contributed by atoms with Crippen LogP contribution in [0.3, 0.4) is 0 Å². The van der Waals surface area contributed by atoms with Crippen molar-refractivity contribution in [3.63, 3.8) is 0 Å². The average Bonchev–Trinajstić information content (AvgIpc) is 2.76. The van der Waals surface area contributed by atoms with Gasteiger partial charge >= 0.3 is 0 Å². The number of hydrogen-bond acceptors (Lipinski definition) is 3. The molecule has 0 aromatic carbocycles. The molecule has 0 aliphatic carbocycles. The van der Waals surface area contributed by atoms with E-state index in [9.17, 15) is 10.0 Å². The van der Waals surface area contributed by atoms with E-state index < -0.39 is 0 Å². The van der Waals surface area contributed by atoms with Crippen LogP contribution < -0.4 is 0 Å². The van der Waals surface area contributed by atoms with Gasteiger partial charge in [0.15, 0.2) is 0 Å². The van der Waals surface area contributed by atoms with E-state index in [1.165, 1.54) is 0 Å². The van der Waals surface area contributed by atoms with Crippen molar-refractivity contribution >= 4 is 5.91 Å². The highest BCUT2D eigenvalue weighted by atomic mass is 16.5. The summed E-state index contributed by atoms with van der Waals surface area (Å²) in [5, 5.41) is 10.2. The first-order valence-electron chi connectivity index (χ1n) is 5.66. The van der Waals surface area contributed by atoms with E-state index in [-0.39, 0.29) is 18.4 Å². The van der Waals surface area contributed by atoms with Crippen LogP contribution >= 0.6 is 0 Å². The molecule has 1 unspecified atom stereocenters. The van der Waals surface area contributed by atoms with Gasteiger partial charge in [-0.15, -0.1) is 0 Å². The maximum Gasteiger partial charge on any atom is 0.245 e. The minimum Gasteiger partial charge on any atom is -0.466 e. The standard InChI is InChI=1S/C12H19NO3/c1-4-10-6-7-11(16-10)9(3)8-13(15)12(14)5-2/h6-7,9,15H,4-5,8H2,1-3H3. The van der Waals surface area contributed by atoms with Crippen LogP contribution in [0.1, 0.15) is 44.6 Å². The second kappa shape index (κ2) is 5.70. The minimum absolute atomic E-state index is 0.000741. The lowest BCUT2D eigenvalue weighted by Crippen LogP contribution is -2.30. The molecule has 1 N–H and O–H groups in total. The molecule has 0 aliphatic heterocycles. The Morgan fingerprint density at radius 3 is 2.69 bits per heavy atom. The quantitative estimate of drug-likeness (QED) is 0.619. The smallest absolute Gasteiger partial charge is 0.245 e. The van der Waals surface area contributed by atoms with Gasteiger partial charge in [0.1, 0.15) is 11.5 Å². The van der Waals surface area contributed by atoms with Gasteiger partial charge in [-0.3, -0.25) is 10.0 Å². The summed E-state index contributed by atoms with van der Waals surface area (Å²) in [6, 6.07) is 3.82. The molecule has 90 valence electrons. The zero-order valence-corrected chi connectivity index (χ0v) is 10.1. The Morgan fingerprint density at radius 2 is 2.19 bits per heavy atom. The number of carbonyl (C=O) groups excluding carboxylic acids is 1. The molecule has 1 heterocycles. The van der Waals surface area contributed by atoms with Crippen LogP contribution in [0.5, 0.6) is 0 Å². The van der Waals surface area contributed by atoms with E-state index in [0.717, 1.165) is 23.0 Å². The lowest BCUT2D eigenvalue weighted by Gasteiger charge is -2.17. The molecule has 1 amide bonds. The molecule has 0 radical (unpaired) electrons. The number of amides is 1. The molecule has 4 heteroatoms. The first kappa shape index (κ1) is 12.8. The van der Waals surface area contributed by atoms with Gasteiger partial charge in [-0.05, 0) is 12.1 Å². The van der Waals surface area contributed by atoms with Gasteiger partial charge in [0.2, 0.25) is 5.91 Å². The SMILES string of the molecule is CCC(=O)N(O)CC(C)c1ccc(CC)o1. The molecule has 16 heavy (non-hydrogen) atoms. The van der Waals surface area contributed by atoms with Gasteiger partial charge < -0.3 is 4.42 Å². The van der Waals surface area contributed by atoms with Crippen LogP contribution in [0.4, 0.5) is 0 Å². The fourth-order valence-electron chi connectivity index (χ4n) is 1.48. The van der Waals surface area contributed by atoms with Crippen LogP contribution in [-0.2, 0) is 11.2 Å². The Balaban J connectivity index is 2.57. The maximum absolute atomic E-state index is 11.2. The molecule has 0 spiro atoms. The van der Waals surface area contributed by atoms with Crippen LogP contribution in [0.25, 0.3) is 0 Å². The predicted octanol–water partition coefficient (Wildman–Crippen LogP) is 2.57. The minimum atomic E-state index is -0.269. The Morgan fingerprint density at radius 1 is 1.50 bits per heavy atom. The van der Waals surface area contributed by atoms with E-state index in [2.05, 4.69) is 0 Å². The van der Waals surface area contributed by atoms with Crippen molar-refractivity contribution in [3.8, 4) is 0 Å². The maximum atomic E-state index is 11.2. The summed E-state index contributed by atoms with van der Waals surface area (Å²) >= 11 is 0. The average molecular weight is 225 g/mol. The number of hydrogen-bond donors (Lipinski definition) is 1. The zero-order chi connectivity index (χ0) is 12.1. The molecule has 0 aliphatic rings. The van der Waals surface area contributed by atoms with E-state index in [1.54, 1.807) is 6.92 Å². The van der Waals surface area contributed by atoms with E-state index in [0.29, 0.717) is 6.42 Å². The number of furan rings is 1. The molecule has 1 aromatic rings. The number of aryl methyl sites for hydroxylation is 1. The molecular formula is C12H19NO3. The molecule has 0 bridgehead atoms. The lowest BCUT2D eigenvalue weighted by molar-refractivity contribution is -0.166. The highest BCUT2D eigenvalue weighted by Crippen LogP contribution is 2.19. The Kier molecular flexibility index (Phi) is 4.55. The normalized spacial score (nSPS) is 12.5. The molecule has 0 fully saturated rings. The largest absolute Gasteiger partial charge is 0.466 e. The molecule has 4 nitrogen and oxygen atoms in total. The van der Waals surface area contributed by atoms with Crippen molar-refractivity contribution in [3.05, 3.63) is 23.7 Å². The topological polar surface area (TPSA) is 53.7 Å². The molecule has 1 atom stereocenters. The lowest BCUT2D eigenvalue weighted by atomic mass is 10.1. The van der Waals surface area contributed by atoms with Gasteiger partial charge in [-0.1, -0.05) is 20.8 Å². The molecular weight excluding hydrogens is 206 g/mol. The van der Waals surface area contributed by atoms with Gasteiger partial charge in [-0.25, -0.2) is 5.06 Å². The van der Waals surface area contributed by atoms with Crippen molar-refractivity contribution in [2.24, 2.45) is 0 Å². The van der Waals surface area contributed by atoms with Crippen molar-refractivity contribution < 1.29 is 14.4 Å². The van der Waals surface area contributed by atoms with Gasteiger partial charge in [0, 0.05) is 18.8 Å². The van der Waals surface area contributed by atoms with Gasteiger partial charge in [0.05, 0.1) is 6.54 Å². The first-order valence-corrected chi connectivity index (χ1v) is 5.66. The molecule has 1 rings (SSSR count). The Labute approximate surface area is 95.8 Å². The first-order chi connectivity index (χ1) is 7.58. The molecule has 0 saturated carbocycles. The molecule has 0 saturated heterocycles. The van der Waals surface area contributed by atoms with Crippen molar-refractivity contribution in [1.29, 1.82) is 0 Å². The number of carbonyl (C=O) groups is 1. The third-order valence-electron chi connectivity index (χ3n) is 2.55. The van der Waals surface area contributed by atoms with Crippen molar-refractivity contribution in [2.45, 2.75) is 39.5 Å². The second-order valence-electron chi connectivity index (χ2n) is 3.89. The summed E-state index contributed by atoms with van der Waals surface area (Å²) in [6.45, 7) is 5.93. The van der Waals surface area contributed by atoms with E-state index in [1.807, 2.05) is 26.0 Å². The summed E-state index contributed by atoms with van der Waals surface area (Å²) in [4.78, 5) is 11.2. The molecule has 1 aromatic heterocycles. The summed E-state index contributed by atoms with van der Waals surface area (Å²) in [6.07, 6.45) is 1.16. The predicted molar refractivity (Wildman–Crippen MR) is 60.3 cm³/mol. The summed E-state index contributed by atoms with van der Waals surface area (Å²) in [7, 11) is 0. The number of nitrogens with zero attached hydrogens (tertiary/aromatic N) is 1. The Hall–Kier alpha value is -1.29. The fourth-order valence-corrected chi connectivity index (χ4v) is 1.48. The van der Waals surface area contributed by atoms with E-state index in [4.69, 9.17) is 4.42 Å². The number of hydroxylamine groups is 2.